The highest BCUT2D eigenvalue weighted by atomic mass is 32.2. The van der Waals surface area contributed by atoms with Crippen LogP contribution in [0.4, 0.5) is 0 Å². The van der Waals surface area contributed by atoms with E-state index in [1.165, 1.54) is 4.31 Å². The van der Waals surface area contributed by atoms with E-state index in [-0.39, 0.29) is 0 Å². The van der Waals surface area contributed by atoms with Crippen molar-refractivity contribution in [1.29, 1.82) is 0 Å². The van der Waals surface area contributed by atoms with E-state index in [1.54, 1.807) is 32.0 Å². The standard InChI is InChI=1S/C13H19NO3S/c1-11-5-3-4-6-12(11)18(16,17)14-9-7-13(2,15)8-10-14/h3-6,15H,7-10H2,1-2H3. The zero-order valence-electron chi connectivity index (χ0n) is 10.8. The molecular weight excluding hydrogens is 250 g/mol. The molecule has 1 saturated heterocycles. The molecule has 1 aliphatic rings. The first-order chi connectivity index (χ1) is 8.33. The zero-order valence-corrected chi connectivity index (χ0v) is 11.6. The van der Waals surface area contributed by atoms with Crippen LogP contribution in [0.2, 0.25) is 0 Å². The van der Waals surface area contributed by atoms with Crippen LogP contribution in [0.25, 0.3) is 0 Å². The maximum absolute atomic E-state index is 12.5. The van der Waals surface area contributed by atoms with Gasteiger partial charge in [0, 0.05) is 13.1 Å². The van der Waals surface area contributed by atoms with Crippen LogP contribution in [-0.4, -0.2) is 36.5 Å². The molecule has 0 saturated carbocycles. The van der Waals surface area contributed by atoms with Crippen LogP contribution in [0, 0.1) is 6.92 Å². The summed E-state index contributed by atoms with van der Waals surface area (Å²) in [6.07, 6.45) is 0.968. The molecule has 1 heterocycles. The van der Waals surface area contributed by atoms with Gasteiger partial charge in [-0.25, -0.2) is 8.42 Å². The van der Waals surface area contributed by atoms with E-state index in [2.05, 4.69) is 0 Å². The quantitative estimate of drug-likeness (QED) is 0.886. The van der Waals surface area contributed by atoms with Gasteiger partial charge in [-0.15, -0.1) is 0 Å². The number of sulfonamides is 1. The van der Waals surface area contributed by atoms with Crippen molar-refractivity contribution in [2.45, 2.75) is 37.2 Å². The van der Waals surface area contributed by atoms with Gasteiger partial charge in [-0.05, 0) is 38.3 Å². The van der Waals surface area contributed by atoms with E-state index < -0.39 is 15.6 Å². The first kappa shape index (κ1) is 13.5. The third-order valence-electron chi connectivity index (χ3n) is 3.51. The van der Waals surface area contributed by atoms with E-state index in [9.17, 15) is 13.5 Å². The Labute approximate surface area is 108 Å². The molecule has 100 valence electrons. The Morgan fingerprint density at radius 2 is 1.78 bits per heavy atom. The third-order valence-corrected chi connectivity index (χ3v) is 5.57. The Kier molecular flexibility index (Phi) is 3.49. The van der Waals surface area contributed by atoms with Gasteiger partial charge in [-0.1, -0.05) is 18.2 Å². The second-order valence-corrected chi connectivity index (χ2v) is 7.07. The number of rotatable bonds is 2. The molecular formula is C13H19NO3S. The lowest BCUT2D eigenvalue weighted by molar-refractivity contribution is 0.0126. The summed E-state index contributed by atoms with van der Waals surface area (Å²) < 4.78 is 26.4. The number of aryl methyl sites for hydroxylation is 1. The van der Waals surface area contributed by atoms with Gasteiger partial charge >= 0.3 is 0 Å². The minimum Gasteiger partial charge on any atom is -0.390 e. The number of benzene rings is 1. The number of piperidine rings is 1. The van der Waals surface area contributed by atoms with Crippen molar-refractivity contribution in [3.05, 3.63) is 29.8 Å². The normalized spacial score (nSPS) is 20.8. The molecule has 18 heavy (non-hydrogen) atoms. The number of hydrogen-bond donors (Lipinski definition) is 1. The summed E-state index contributed by atoms with van der Waals surface area (Å²) in [5, 5.41) is 9.86. The fourth-order valence-electron chi connectivity index (χ4n) is 2.19. The first-order valence-corrected chi connectivity index (χ1v) is 7.55. The monoisotopic (exact) mass is 269 g/mol. The lowest BCUT2D eigenvalue weighted by Gasteiger charge is -2.35. The molecule has 4 nitrogen and oxygen atoms in total. The average Bonchev–Trinajstić information content (AvgIpc) is 2.28. The molecule has 1 N–H and O–H groups in total. The Hall–Kier alpha value is -0.910. The minimum absolute atomic E-state index is 0.367. The van der Waals surface area contributed by atoms with E-state index in [0.717, 1.165) is 5.56 Å². The van der Waals surface area contributed by atoms with E-state index >= 15 is 0 Å². The van der Waals surface area contributed by atoms with E-state index in [0.29, 0.717) is 30.8 Å². The summed E-state index contributed by atoms with van der Waals surface area (Å²) in [5.41, 5.74) is 0.0208. The number of hydrogen-bond acceptors (Lipinski definition) is 3. The molecule has 5 heteroatoms. The molecule has 1 aromatic carbocycles. The maximum Gasteiger partial charge on any atom is 0.243 e. The molecule has 2 rings (SSSR count). The topological polar surface area (TPSA) is 57.6 Å². The van der Waals surface area contributed by atoms with Crippen molar-refractivity contribution in [3.63, 3.8) is 0 Å². The molecule has 0 spiro atoms. The van der Waals surface area contributed by atoms with E-state index in [4.69, 9.17) is 0 Å². The van der Waals surface area contributed by atoms with Crippen molar-refractivity contribution in [2.24, 2.45) is 0 Å². The van der Waals surface area contributed by atoms with Gasteiger partial charge in [0.2, 0.25) is 10.0 Å². The summed E-state index contributed by atoms with van der Waals surface area (Å²) in [6, 6.07) is 7.00. The lowest BCUT2D eigenvalue weighted by atomic mass is 9.95. The molecule has 0 amide bonds. The van der Waals surface area contributed by atoms with Gasteiger partial charge < -0.3 is 5.11 Å². The molecule has 0 aromatic heterocycles. The SMILES string of the molecule is Cc1ccccc1S(=O)(=O)N1CCC(C)(O)CC1. The Balaban J connectivity index is 2.26. The van der Waals surface area contributed by atoms with Crippen molar-refractivity contribution in [2.75, 3.05) is 13.1 Å². The van der Waals surface area contributed by atoms with Crippen molar-refractivity contribution < 1.29 is 13.5 Å². The largest absolute Gasteiger partial charge is 0.390 e. The van der Waals surface area contributed by atoms with Crippen molar-refractivity contribution >= 4 is 10.0 Å². The molecule has 1 aliphatic heterocycles. The highest BCUT2D eigenvalue weighted by Crippen LogP contribution is 2.27. The maximum atomic E-state index is 12.5. The van der Waals surface area contributed by atoms with Crippen molar-refractivity contribution in [1.82, 2.24) is 4.31 Å². The molecule has 1 aromatic rings. The highest BCUT2D eigenvalue weighted by molar-refractivity contribution is 7.89. The van der Waals surface area contributed by atoms with Crippen LogP contribution in [-0.2, 0) is 10.0 Å². The van der Waals surface area contributed by atoms with E-state index in [1.807, 2.05) is 6.07 Å². The molecule has 0 unspecified atom stereocenters. The second-order valence-electron chi connectivity index (χ2n) is 5.17. The zero-order chi connectivity index (χ0) is 13.4. The van der Waals surface area contributed by atoms with Crippen LogP contribution in [0.15, 0.2) is 29.2 Å². The molecule has 0 radical (unpaired) electrons. The minimum atomic E-state index is -3.42. The lowest BCUT2D eigenvalue weighted by Crippen LogP contribution is -2.45. The Bertz CT molecular complexity index is 527. The summed E-state index contributed by atoms with van der Waals surface area (Å²) in [6.45, 7) is 4.31. The fraction of sp³-hybridized carbons (Fsp3) is 0.538. The van der Waals surface area contributed by atoms with Crippen LogP contribution in [0.1, 0.15) is 25.3 Å². The van der Waals surface area contributed by atoms with Crippen molar-refractivity contribution in [3.8, 4) is 0 Å². The predicted octanol–water partition coefficient (Wildman–Crippen LogP) is 1.53. The van der Waals surface area contributed by atoms with Gasteiger partial charge in [-0.3, -0.25) is 0 Å². The van der Waals surface area contributed by atoms with Gasteiger partial charge in [-0.2, -0.15) is 4.31 Å². The van der Waals surface area contributed by atoms with Gasteiger partial charge in [0.05, 0.1) is 10.5 Å². The molecule has 0 atom stereocenters. The number of nitrogens with zero attached hydrogens (tertiary/aromatic N) is 1. The molecule has 0 bridgehead atoms. The Morgan fingerprint density at radius 1 is 1.22 bits per heavy atom. The molecule has 0 aliphatic carbocycles. The van der Waals surface area contributed by atoms with Gasteiger partial charge in [0.25, 0.3) is 0 Å². The molecule has 1 fully saturated rings. The van der Waals surface area contributed by atoms with Crippen LogP contribution < -0.4 is 0 Å². The summed E-state index contributed by atoms with van der Waals surface area (Å²) >= 11 is 0. The highest BCUT2D eigenvalue weighted by Gasteiger charge is 2.34. The summed E-state index contributed by atoms with van der Waals surface area (Å²) in [4.78, 5) is 0.367. The first-order valence-electron chi connectivity index (χ1n) is 6.11. The smallest absolute Gasteiger partial charge is 0.243 e. The summed E-state index contributed by atoms with van der Waals surface area (Å²) in [7, 11) is -3.42. The van der Waals surface area contributed by atoms with Gasteiger partial charge in [0.1, 0.15) is 0 Å². The van der Waals surface area contributed by atoms with Gasteiger partial charge in [0.15, 0.2) is 0 Å². The van der Waals surface area contributed by atoms with Crippen LogP contribution >= 0.6 is 0 Å². The Morgan fingerprint density at radius 3 is 2.33 bits per heavy atom. The fourth-order valence-corrected chi connectivity index (χ4v) is 3.86. The summed E-state index contributed by atoms with van der Waals surface area (Å²) in [5.74, 6) is 0. The second kappa shape index (κ2) is 4.64. The van der Waals surface area contributed by atoms with Crippen LogP contribution in [0.3, 0.4) is 0 Å². The number of aliphatic hydroxyl groups is 1. The third kappa shape index (κ3) is 2.58. The average molecular weight is 269 g/mol. The predicted molar refractivity (Wildman–Crippen MR) is 69.8 cm³/mol. The van der Waals surface area contributed by atoms with Crippen LogP contribution in [0.5, 0.6) is 0 Å².